The molecule has 42 heavy (non-hydrogen) atoms. The second-order valence-corrected chi connectivity index (χ2v) is 10.3. The van der Waals surface area contributed by atoms with Crippen molar-refractivity contribution in [2.45, 2.75) is 37.8 Å². The van der Waals surface area contributed by atoms with E-state index in [1.165, 1.54) is 17.2 Å². The fourth-order valence-electron chi connectivity index (χ4n) is 5.21. The van der Waals surface area contributed by atoms with Crippen LogP contribution in [0.1, 0.15) is 24.0 Å². The molecular weight excluding hydrogens is 555 g/mol. The number of cyclic esters (lactones) is 1. The first-order valence-electron chi connectivity index (χ1n) is 13.5. The topological polar surface area (TPSA) is 164 Å². The lowest BCUT2D eigenvalue weighted by Crippen LogP contribution is -2.44. The summed E-state index contributed by atoms with van der Waals surface area (Å²) in [5.74, 6) is 0.285. The van der Waals surface area contributed by atoms with Crippen LogP contribution in [0.4, 0.5) is 20.8 Å². The van der Waals surface area contributed by atoms with Gasteiger partial charge in [-0.1, -0.05) is 0 Å². The Labute approximate surface area is 240 Å². The second-order valence-electron chi connectivity index (χ2n) is 10.3. The molecule has 0 spiro atoms. The van der Waals surface area contributed by atoms with Crippen LogP contribution in [-0.4, -0.2) is 108 Å². The van der Waals surface area contributed by atoms with Crippen LogP contribution in [-0.2, 0) is 32.0 Å². The standard InChI is InChI=1S/C26H29FN6O6.CH2O2/c1-31(16-7-15-8-18(10-20(27)19(15)9-16)37-14-23(35)32-4-2-5-32)6-3-17-12-33(26(36)39-17)21-11-28-25-24(29-21)30-22(34)13-38-25;2-1-3/h8,10-11,16-17H,2-7,9,12-14H2,1H3,(H,29,30,34);1H,(H,2,3). The Bertz CT molecular complexity index is 1370. The van der Waals surface area contributed by atoms with Gasteiger partial charge in [0, 0.05) is 31.7 Å². The second kappa shape index (κ2) is 12.5. The molecule has 1 aromatic heterocycles. The molecule has 2 N–H and O–H groups in total. The number of likely N-dealkylation sites (tertiary alicyclic amines) is 1. The number of likely N-dealkylation sites (N-methyl/N-ethyl adjacent to an activating group) is 1. The molecule has 15 heteroatoms. The third-order valence-electron chi connectivity index (χ3n) is 7.63. The maximum Gasteiger partial charge on any atom is 0.415 e. The van der Waals surface area contributed by atoms with Gasteiger partial charge in [-0.25, -0.2) is 19.2 Å². The van der Waals surface area contributed by atoms with E-state index < -0.39 is 6.09 Å². The Morgan fingerprint density at radius 3 is 2.83 bits per heavy atom. The van der Waals surface area contributed by atoms with Gasteiger partial charge >= 0.3 is 6.09 Å². The number of aromatic nitrogens is 2. The fraction of sp³-hybridized carbons (Fsp3) is 0.481. The monoisotopic (exact) mass is 586 g/mol. The molecule has 2 saturated heterocycles. The first kappa shape index (κ1) is 29.0. The van der Waals surface area contributed by atoms with Crippen LogP contribution in [0.25, 0.3) is 0 Å². The molecule has 0 saturated carbocycles. The van der Waals surface area contributed by atoms with E-state index in [0.717, 1.165) is 25.1 Å². The minimum atomic E-state index is -0.532. The Kier molecular flexibility index (Phi) is 8.66. The number of hydrogen-bond acceptors (Lipinski definition) is 10. The summed E-state index contributed by atoms with van der Waals surface area (Å²) in [5, 5.41) is 9.47. The van der Waals surface area contributed by atoms with E-state index in [1.807, 2.05) is 13.1 Å². The highest BCUT2D eigenvalue weighted by atomic mass is 19.1. The fourth-order valence-corrected chi connectivity index (χ4v) is 5.21. The van der Waals surface area contributed by atoms with Crippen LogP contribution in [0.3, 0.4) is 0 Å². The van der Waals surface area contributed by atoms with Crippen molar-refractivity contribution in [3.63, 3.8) is 0 Å². The zero-order valence-electron chi connectivity index (χ0n) is 23.0. The predicted octanol–water partition coefficient (Wildman–Crippen LogP) is 1.07. The van der Waals surface area contributed by atoms with E-state index >= 15 is 0 Å². The highest BCUT2D eigenvalue weighted by Crippen LogP contribution is 2.32. The number of ether oxygens (including phenoxy) is 3. The van der Waals surface area contributed by atoms with Crippen molar-refractivity contribution in [1.82, 2.24) is 19.8 Å². The first-order valence-corrected chi connectivity index (χ1v) is 13.5. The third kappa shape index (κ3) is 6.35. The number of carboxylic acid groups (broad SMARTS) is 1. The molecule has 1 aromatic carbocycles. The van der Waals surface area contributed by atoms with Crippen molar-refractivity contribution in [2.75, 3.05) is 56.7 Å². The summed E-state index contributed by atoms with van der Waals surface area (Å²) in [6.45, 7) is 1.98. The Morgan fingerprint density at radius 1 is 1.31 bits per heavy atom. The lowest BCUT2D eigenvalue weighted by atomic mass is 10.1. The first-order chi connectivity index (χ1) is 20.2. The molecule has 224 valence electrons. The lowest BCUT2D eigenvalue weighted by molar-refractivity contribution is -0.136. The van der Waals surface area contributed by atoms with Crippen LogP contribution in [0.2, 0.25) is 0 Å². The molecule has 4 heterocycles. The number of halogens is 1. The third-order valence-corrected chi connectivity index (χ3v) is 7.63. The zero-order chi connectivity index (χ0) is 29.8. The maximum atomic E-state index is 14.9. The highest BCUT2D eigenvalue weighted by Gasteiger charge is 2.35. The molecule has 4 aliphatic rings. The van der Waals surface area contributed by atoms with E-state index in [1.54, 1.807) is 4.90 Å². The highest BCUT2D eigenvalue weighted by molar-refractivity contribution is 5.94. The molecule has 2 aromatic rings. The summed E-state index contributed by atoms with van der Waals surface area (Å²) in [4.78, 5) is 58.2. The van der Waals surface area contributed by atoms with Crippen molar-refractivity contribution >= 4 is 36.0 Å². The predicted molar refractivity (Wildman–Crippen MR) is 144 cm³/mol. The van der Waals surface area contributed by atoms with Crippen LogP contribution < -0.4 is 19.7 Å². The van der Waals surface area contributed by atoms with Gasteiger partial charge in [0.25, 0.3) is 24.2 Å². The number of rotatable bonds is 8. The van der Waals surface area contributed by atoms with E-state index in [2.05, 4.69) is 20.2 Å². The molecule has 14 nitrogen and oxygen atoms in total. The number of nitrogens with zero attached hydrogens (tertiary/aromatic N) is 5. The van der Waals surface area contributed by atoms with E-state index in [4.69, 9.17) is 24.1 Å². The normalized spacial score (nSPS) is 20.4. The van der Waals surface area contributed by atoms with E-state index in [0.29, 0.717) is 43.7 Å². The molecule has 3 aliphatic heterocycles. The SMILES string of the molecule is CN(CCC1CN(c2cnc3c(n2)NC(=O)CO3)C(=O)O1)C1Cc2cc(OCC(=O)N3CCC3)cc(F)c2C1.O=CO. The summed E-state index contributed by atoms with van der Waals surface area (Å²) in [5.41, 5.74) is 1.56. The molecule has 3 amide bonds. The molecular formula is C27H31FN6O8. The van der Waals surface area contributed by atoms with Gasteiger partial charge in [-0.15, -0.1) is 0 Å². The lowest BCUT2D eigenvalue weighted by Gasteiger charge is -2.30. The molecule has 1 aliphatic carbocycles. The minimum Gasteiger partial charge on any atom is -0.484 e. The summed E-state index contributed by atoms with van der Waals surface area (Å²) in [6, 6.07) is 3.29. The largest absolute Gasteiger partial charge is 0.484 e. The number of anilines is 2. The van der Waals surface area contributed by atoms with Gasteiger partial charge in [0.05, 0.1) is 12.7 Å². The quantitative estimate of drug-likeness (QED) is 0.425. The zero-order valence-corrected chi connectivity index (χ0v) is 23.0. The number of benzene rings is 1. The molecule has 2 fully saturated rings. The van der Waals surface area contributed by atoms with Crippen molar-refractivity contribution in [3.05, 3.63) is 35.3 Å². The molecule has 0 radical (unpaired) electrons. The summed E-state index contributed by atoms with van der Waals surface area (Å²) >= 11 is 0. The van der Waals surface area contributed by atoms with Crippen LogP contribution >= 0.6 is 0 Å². The average molecular weight is 587 g/mol. The number of hydrogen-bond donors (Lipinski definition) is 2. The van der Waals surface area contributed by atoms with Gasteiger partial charge in [0.2, 0.25) is 0 Å². The maximum absolute atomic E-state index is 14.9. The van der Waals surface area contributed by atoms with Crippen molar-refractivity contribution in [3.8, 4) is 11.6 Å². The van der Waals surface area contributed by atoms with Crippen LogP contribution in [0.15, 0.2) is 18.3 Å². The molecule has 2 unspecified atom stereocenters. The van der Waals surface area contributed by atoms with Gasteiger partial charge in [0.15, 0.2) is 24.8 Å². The Balaban J connectivity index is 0.00000113. The molecule has 6 rings (SSSR count). The summed E-state index contributed by atoms with van der Waals surface area (Å²) in [6.07, 6.45) is 3.35. The number of nitrogens with one attached hydrogen (secondary N) is 1. The van der Waals surface area contributed by atoms with Crippen molar-refractivity contribution in [2.24, 2.45) is 0 Å². The van der Waals surface area contributed by atoms with Crippen LogP contribution in [0.5, 0.6) is 11.6 Å². The summed E-state index contributed by atoms with van der Waals surface area (Å²) in [7, 11) is 1.98. The Morgan fingerprint density at radius 2 is 2.10 bits per heavy atom. The van der Waals surface area contributed by atoms with Gasteiger partial charge in [0.1, 0.15) is 17.7 Å². The van der Waals surface area contributed by atoms with E-state index in [9.17, 15) is 18.8 Å². The number of amides is 3. The summed E-state index contributed by atoms with van der Waals surface area (Å²) < 4.78 is 31.2. The Hall–Kier alpha value is -4.53. The molecule has 0 bridgehead atoms. The van der Waals surface area contributed by atoms with E-state index in [-0.39, 0.29) is 67.0 Å². The number of carbonyl (C=O) groups is 4. The van der Waals surface area contributed by atoms with Gasteiger partial charge in [-0.2, -0.15) is 0 Å². The van der Waals surface area contributed by atoms with Gasteiger partial charge in [-0.05, 0) is 49.9 Å². The number of carbonyl (C=O) groups excluding carboxylic acids is 3. The minimum absolute atomic E-state index is 0.0783. The smallest absolute Gasteiger partial charge is 0.415 e. The molecule has 2 atom stereocenters. The number of fused-ring (bicyclic) bond motifs is 2. The van der Waals surface area contributed by atoms with Gasteiger partial charge < -0.3 is 34.4 Å². The van der Waals surface area contributed by atoms with Crippen molar-refractivity contribution < 1.29 is 42.9 Å². The van der Waals surface area contributed by atoms with Gasteiger partial charge in [-0.3, -0.25) is 19.3 Å². The average Bonchev–Trinajstić information content (AvgIpc) is 3.53. The van der Waals surface area contributed by atoms with Crippen molar-refractivity contribution in [1.29, 1.82) is 0 Å². The van der Waals surface area contributed by atoms with Crippen LogP contribution in [0, 0.1) is 5.82 Å².